The first-order valence-corrected chi connectivity index (χ1v) is 11.1. The molecule has 27 heavy (non-hydrogen) atoms. The van der Waals surface area contributed by atoms with Gasteiger partial charge in [0.05, 0.1) is 11.0 Å². The number of rotatable bonds is 4. The van der Waals surface area contributed by atoms with Crippen LogP contribution in [0.1, 0.15) is 78.6 Å². The Morgan fingerprint density at radius 3 is 2.48 bits per heavy atom. The van der Waals surface area contributed by atoms with Gasteiger partial charge in [-0.05, 0) is 65.2 Å². The van der Waals surface area contributed by atoms with Crippen molar-refractivity contribution in [2.24, 2.45) is 11.3 Å². The fraction of sp³-hybridized carbons (Fsp3) is 0.810. The van der Waals surface area contributed by atoms with Crippen molar-refractivity contribution < 1.29 is 19.1 Å². The molecule has 0 bridgehead atoms. The molecule has 3 aliphatic rings. The van der Waals surface area contributed by atoms with Crippen molar-refractivity contribution in [1.82, 2.24) is 0 Å². The number of carbonyl (C=O) groups excluding carboxylic acids is 2. The highest BCUT2D eigenvalue weighted by atomic mass is 35.5. The molecule has 0 saturated heterocycles. The molecule has 2 aliphatic carbocycles. The van der Waals surface area contributed by atoms with Gasteiger partial charge in [-0.1, -0.05) is 13.3 Å². The average molecular weight is 417 g/mol. The van der Waals surface area contributed by atoms with E-state index in [1.54, 1.807) is 0 Å². The van der Waals surface area contributed by atoms with Gasteiger partial charge < -0.3 is 9.47 Å². The number of esters is 2. The number of halogens is 2. The zero-order valence-electron chi connectivity index (χ0n) is 16.5. The number of hydrogen-bond donors (Lipinski definition) is 0. The third kappa shape index (κ3) is 4.03. The summed E-state index contributed by atoms with van der Waals surface area (Å²) in [5.74, 6) is -0.402. The molecule has 4 nitrogen and oxygen atoms in total. The molecule has 1 heterocycles. The van der Waals surface area contributed by atoms with Crippen LogP contribution in [0.2, 0.25) is 0 Å². The lowest BCUT2D eigenvalue weighted by Gasteiger charge is -2.35. The lowest BCUT2D eigenvalue weighted by Crippen LogP contribution is -2.38. The van der Waals surface area contributed by atoms with Crippen LogP contribution in [0.4, 0.5) is 0 Å². The molecule has 0 aromatic carbocycles. The summed E-state index contributed by atoms with van der Waals surface area (Å²) in [4.78, 5) is 25.8. The fourth-order valence-corrected chi connectivity index (χ4v) is 5.18. The molecule has 2 fully saturated rings. The van der Waals surface area contributed by atoms with Crippen LogP contribution in [0.3, 0.4) is 0 Å². The van der Waals surface area contributed by atoms with Crippen LogP contribution in [0.15, 0.2) is 11.3 Å². The standard InChI is InChI=1S/C21H30Cl2O4/c1-4-20(2,3)19(25)26-17-16(14-9-8-13(22)12-15(14)23)18(24)27-21(17)10-6-5-7-11-21/h13-15H,4-12H2,1-3H3. The molecule has 152 valence electrons. The van der Waals surface area contributed by atoms with Crippen molar-refractivity contribution in [2.75, 3.05) is 0 Å². The number of alkyl halides is 2. The minimum absolute atomic E-state index is 0.0236. The quantitative estimate of drug-likeness (QED) is 0.448. The van der Waals surface area contributed by atoms with E-state index in [2.05, 4.69) is 0 Å². The largest absolute Gasteiger partial charge is 0.447 e. The molecular weight excluding hydrogens is 387 g/mol. The van der Waals surface area contributed by atoms with Crippen LogP contribution in [-0.2, 0) is 19.1 Å². The first kappa shape index (κ1) is 21.0. The lowest BCUT2D eigenvalue weighted by molar-refractivity contribution is -0.160. The number of ether oxygens (including phenoxy) is 2. The number of carbonyl (C=O) groups is 2. The highest BCUT2D eigenvalue weighted by Gasteiger charge is 2.54. The molecule has 0 radical (unpaired) electrons. The van der Waals surface area contributed by atoms with Gasteiger partial charge in [0.25, 0.3) is 0 Å². The van der Waals surface area contributed by atoms with Crippen LogP contribution in [0.25, 0.3) is 0 Å². The predicted octanol–water partition coefficient (Wildman–Crippen LogP) is 5.49. The molecular formula is C21H30Cl2O4. The Hall–Kier alpha value is -0.740. The maximum Gasteiger partial charge on any atom is 0.338 e. The van der Waals surface area contributed by atoms with Crippen molar-refractivity contribution in [2.45, 2.75) is 94.9 Å². The Kier molecular flexibility index (Phi) is 6.17. The van der Waals surface area contributed by atoms with E-state index in [0.717, 1.165) is 25.7 Å². The zero-order valence-corrected chi connectivity index (χ0v) is 18.0. The Labute approximate surface area is 171 Å². The second-order valence-corrected chi connectivity index (χ2v) is 10.0. The third-order valence-corrected chi connectivity index (χ3v) is 7.42. The number of hydrogen-bond acceptors (Lipinski definition) is 4. The van der Waals surface area contributed by atoms with Gasteiger partial charge in [0.2, 0.25) is 0 Å². The second-order valence-electron chi connectivity index (χ2n) is 8.85. The average Bonchev–Trinajstić information content (AvgIpc) is 2.87. The van der Waals surface area contributed by atoms with Gasteiger partial charge in [-0.2, -0.15) is 0 Å². The third-order valence-electron chi connectivity index (χ3n) is 6.54. The van der Waals surface area contributed by atoms with E-state index in [4.69, 9.17) is 32.7 Å². The SMILES string of the molecule is CCC(C)(C)C(=O)OC1=C(C2CCC(Cl)CC2Cl)C(=O)OC12CCCCC2. The van der Waals surface area contributed by atoms with E-state index >= 15 is 0 Å². The molecule has 1 aliphatic heterocycles. The van der Waals surface area contributed by atoms with Crippen LogP contribution < -0.4 is 0 Å². The minimum atomic E-state index is -0.793. The molecule has 3 rings (SSSR count). The van der Waals surface area contributed by atoms with Crippen LogP contribution in [-0.4, -0.2) is 28.3 Å². The van der Waals surface area contributed by atoms with Crippen molar-refractivity contribution in [3.8, 4) is 0 Å². The van der Waals surface area contributed by atoms with E-state index in [-0.39, 0.29) is 28.6 Å². The van der Waals surface area contributed by atoms with Crippen LogP contribution in [0, 0.1) is 11.3 Å². The molecule has 3 atom stereocenters. The van der Waals surface area contributed by atoms with Crippen LogP contribution >= 0.6 is 23.2 Å². The summed E-state index contributed by atoms with van der Waals surface area (Å²) >= 11 is 12.9. The van der Waals surface area contributed by atoms with E-state index < -0.39 is 11.0 Å². The summed E-state index contributed by atoms with van der Waals surface area (Å²) in [6.07, 6.45) is 7.22. The summed E-state index contributed by atoms with van der Waals surface area (Å²) in [5, 5.41) is -0.231. The molecule has 6 heteroatoms. The van der Waals surface area contributed by atoms with E-state index in [1.165, 1.54) is 0 Å². The van der Waals surface area contributed by atoms with Gasteiger partial charge in [0, 0.05) is 16.7 Å². The smallest absolute Gasteiger partial charge is 0.338 e. The maximum absolute atomic E-state index is 12.9. The molecule has 0 N–H and O–H groups in total. The van der Waals surface area contributed by atoms with E-state index in [9.17, 15) is 9.59 Å². The highest BCUT2D eigenvalue weighted by Crippen LogP contribution is 2.49. The van der Waals surface area contributed by atoms with Gasteiger partial charge in [-0.15, -0.1) is 23.2 Å². The van der Waals surface area contributed by atoms with Crippen molar-refractivity contribution in [3.05, 3.63) is 11.3 Å². The van der Waals surface area contributed by atoms with Crippen molar-refractivity contribution in [3.63, 3.8) is 0 Å². The van der Waals surface area contributed by atoms with E-state index in [0.29, 0.717) is 43.4 Å². The molecule has 0 aromatic heterocycles. The highest BCUT2D eigenvalue weighted by molar-refractivity contribution is 6.24. The summed E-state index contributed by atoms with van der Waals surface area (Å²) in [6.45, 7) is 5.69. The summed E-state index contributed by atoms with van der Waals surface area (Å²) in [6, 6.07) is 0. The summed E-state index contributed by atoms with van der Waals surface area (Å²) in [5.41, 5.74) is -0.924. The zero-order chi connectivity index (χ0) is 19.8. The minimum Gasteiger partial charge on any atom is -0.447 e. The molecule has 0 amide bonds. The van der Waals surface area contributed by atoms with Gasteiger partial charge in [-0.25, -0.2) is 4.79 Å². The second kappa shape index (κ2) is 7.94. The Bertz CT molecular complexity index is 634. The normalized spacial score (nSPS) is 31.1. The monoisotopic (exact) mass is 416 g/mol. The van der Waals surface area contributed by atoms with E-state index in [1.807, 2.05) is 20.8 Å². The summed E-state index contributed by atoms with van der Waals surface area (Å²) in [7, 11) is 0. The van der Waals surface area contributed by atoms with Crippen LogP contribution in [0.5, 0.6) is 0 Å². The van der Waals surface area contributed by atoms with Gasteiger partial charge in [0.1, 0.15) is 0 Å². The first-order valence-electron chi connectivity index (χ1n) is 10.2. The Morgan fingerprint density at radius 1 is 1.22 bits per heavy atom. The molecule has 2 saturated carbocycles. The topological polar surface area (TPSA) is 52.6 Å². The first-order chi connectivity index (χ1) is 12.7. The van der Waals surface area contributed by atoms with Crippen molar-refractivity contribution in [1.29, 1.82) is 0 Å². The maximum atomic E-state index is 12.9. The van der Waals surface area contributed by atoms with Crippen molar-refractivity contribution >= 4 is 35.1 Å². The molecule has 3 unspecified atom stereocenters. The Morgan fingerprint density at radius 2 is 1.89 bits per heavy atom. The molecule has 0 aromatic rings. The van der Waals surface area contributed by atoms with Gasteiger partial charge in [-0.3, -0.25) is 4.79 Å². The summed E-state index contributed by atoms with van der Waals surface area (Å²) < 4.78 is 11.9. The predicted molar refractivity (Wildman–Crippen MR) is 106 cm³/mol. The van der Waals surface area contributed by atoms with Gasteiger partial charge in [0.15, 0.2) is 11.4 Å². The van der Waals surface area contributed by atoms with Gasteiger partial charge >= 0.3 is 11.9 Å². The molecule has 1 spiro atoms. The Balaban J connectivity index is 2.00. The lowest BCUT2D eigenvalue weighted by atomic mass is 9.78. The fourth-order valence-electron chi connectivity index (χ4n) is 4.30.